The maximum atomic E-state index is 13.6. The van der Waals surface area contributed by atoms with Gasteiger partial charge in [-0.1, -0.05) is 66.7 Å². The van der Waals surface area contributed by atoms with Gasteiger partial charge in [-0.25, -0.2) is 4.79 Å². The number of esters is 1. The summed E-state index contributed by atoms with van der Waals surface area (Å²) in [6.45, 7) is 2.26. The van der Waals surface area contributed by atoms with Crippen LogP contribution in [-0.4, -0.2) is 55.1 Å². The summed E-state index contributed by atoms with van der Waals surface area (Å²) >= 11 is 2.70. The summed E-state index contributed by atoms with van der Waals surface area (Å²) in [6.07, 6.45) is 2.27. The first kappa shape index (κ1) is 37.1. The number of ether oxygens (including phenoxy) is 2. The van der Waals surface area contributed by atoms with Gasteiger partial charge < -0.3 is 25.4 Å². The lowest BCUT2D eigenvalue weighted by molar-refractivity contribution is -0.114. The Kier molecular flexibility index (Phi) is 12.4. The van der Waals surface area contributed by atoms with Crippen LogP contribution in [0.3, 0.4) is 0 Å². The number of nitrogens with zero attached hydrogens (tertiary/aromatic N) is 1. The van der Waals surface area contributed by atoms with Crippen LogP contribution in [0.2, 0.25) is 0 Å². The van der Waals surface area contributed by atoms with Crippen molar-refractivity contribution in [2.45, 2.75) is 24.4 Å². The second-order valence-electron chi connectivity index (χ2n) is 12.1. The molecule has 0 radical (unpaired) electrons. The quantitative estimate of drug-likeness (QED) is 0.0655. The van der Waals surface area contributed by atoms with Gasteiger partial charge in [-0.3, -0.25) is 19.3 Å². The molecule has 0 saturated carbocycles. The number of methoxy groups -OCH3 is 2. The van der Waals surface area contributed by atoms with Crippen LogP contribution in [0.15, 0.2) is 120 Å². The van der Waals surface area contributed by atoms with Gasteiger partial charge >= 0.3 is 5.97 Å². The predicted molar refractivity (Wildman–Crippen MR) is 209 cm³/mol. The highest BCUT2D eigenvalue weighted by Crippen LogP contribution is 2.38. The Morgan fingerprint density at radius 2 is 1.60 bits per heavy atom. The number of thiophene rings is 1. The van der Waals surface area contributed by atoms with Gasteiger partial charge in [-0.2, -0.15) is 0 Å². The van der Waals surface area contributed by atoms with Crippen molar-refractivity contribution < 1.29 is 28.7 Å². The first-order valence-corrected chi connectivity index (χ1v) is 18.6. The molecule has 5 aromatic rings. The number of rotatable bonds is 13. The van der Waals surface area contributed by atoms with Crippen LogP contribution < -0.4 is 20.7 Å². The fourth-order valence-corrected chi connectivity index (χ4v) is 7.87. The van der Waals surface area contributed by atoms with E-state index < -0.39 is 17.8 Å². The van der Waals surface area contributed by atoms with Crippen LogP contribution in [0.1, 0.15) is 42.3 Å². The van der Waals surface area contributed by atoms with Crippen molar-refractivity contribution in [3.05, 3.63) is 148 Å². The van der Waals surface area contributed by atoms with Gasteiger partial charge in [0.1, 0.15) is 16.4 Å². The van der Waals surface area contributed by atoms with Crippen LogP contribution in [0.4, 0.5) is 10.7 Å². The third-order valence-corrected chi connectivity index (χ3v) is 10.6. The Morgan fingerprint density at radius 1 is 0.868 bits per heavy atom. The standard InChI is InChI=1S/C41H38N4O6S2/c1-50-31-18-16-27(17-19-31)22-34(43-38(47)29-12-7-4-8-13-29)39(48)42-30-14-9-15-32(23-30)52-26-36(46)44-40-37(41(49)51-2)33-20-21-45(25-35(33)53-40)24-28-10-5-3-6-11-28/h3-19,22-23H,20-21,24-26H2,1-2H3,(H,42,48)(H,43,47)(H,44,46)/b34-22+. The molecular weight excluding hydrogens is 709 g/mol. The smallest absolute Gasteiger partial charge is 0.341 e. The molecule has 53 heavy (non-hydrogen) atoms. The van der Waals surface area contributed by atoms with Gasteiger partial charge in [-0.15, -0.1) is 23.1 Å². The molecule has 2 heterocycles. The number of amides is 3. The van der Waals surface area contributed by atoms with Gasteiger partial charge in [-0.05, 0) is 71.7 Å². The summed E-state index contributed by atoms with van der Waals surface area (Å²) < 4.78 is 10.4. The van der Waals surface area contributed by atoms with Gasteiger partial charge in [0.05, 0.1) is 25.5 Å². The minimum atomic E-state index is -0.524. The molecule has 0 spiro atoms. The molecule has 6 rings (SSSR count). The summed E-state index contributed by atoms with van der Waals surface area (Å²) in [7, 11) is 2.92. The molecule has 0 fully saturated rings. The molecular formula is C41H38N4O6S2. The molecule has 1 aromatic heterocycles. The average molecular weight is 747 g/mol. The Hall–Kier alpha value is -5.69. The van der Waals surface area contributed by atoms with E-state index in [1.807, 2.05) is 24.3 Å². The first-order valence-electron chi connectivity index (χ1n) is 16.8. The summed E-state index contributed by atoms with van der Waals surface area (Å²) in [4.78, 5) is 56.8. The third-order valence-electron chi connectivity index (χ3n) is 8.44. The number of hydrogen-bond donors (Lipinski definition) is 3. The van der Waals surface area contributed by atoms with E-state index in [-0.39, 0.29) is 17.4 Å². The highest BCUT2D eigenvalue weighted by Gasteiger charge is 2.29. The maximum Gasteiger partial charge on any atom is 0.341 e. The summed E-state index contributed by atoms with van der Waals surface area (Å²) in [5, 5.41) is 9.06. The molecule has 1 aliphatic rings. The topological polar surface area (TPSA) is 126 Å². The molecule has 4 aromatic carbocycles. The first-order chi connectivity index (χ1) is 25.8. The molecule has 270 valence electrons. The molecule has 0 atom stereocenters. The molecule has 3 N–H and O–H groups in total. The zero-order valence-corrected chi connectivity index (χ0v) is 30.9. The van der Waals surface area contributed by atoms with Crippen molar-refractivity contribution in [3.8, 4) is 5.75 Å². The van der Waals surface area contributed by atoms with Crippen LogP contribution in [0.25, 0.3) is 6.08 Å². The average Bonchev–Trinajstić information content (AvgIpc) is 3.54. The minimum Gasteiger partial charge on any atom is -0.497 e. The predicted octanol–water partition coefficient (Wildman–Crippen LogP) is 7.24. The maximum absolute atomic E-state index is 13.6. The SMILES string of the molecule is COC(=O)c1c(NC(=O)CSc2cccc(NC(=O)/C(=C\c3ccc(OC)cc3)NC(=O)c3ccccc3)c2)sc2c1CCN(Cc1ccccc1)C2. The van der Waals surface area contributed by atoms with E-state index in [0.717, 1.165) is 28.4 Å². The van der Waals surface area contributed by atoms with Gasteiger partial charge in [0, 0.05) is 40.7 Å². The Labute approximate surface area is 316 Å². The van der Waals surface area contributed by atoms with Crippen molar-refractivity contribution in [1.82, 2.24) is 10.2 Å². The number of thioether (sulfide) groups is 1. The molecule has 12 heteroatoms. The highest BCUT2D eigenvalue weighted by atomic mass is 32.2. The molecule has 0 bridgehead atoms. The van der Waals surface area contributed by atoms with E-state index in [2.05, 4.69) is 33.0 Å². The molecule has 1 aliphatic heterocycles. The van der Waals surface area contributed by atoms with Crippen LogP contribution in [0, 0.1) is 0 Å². The number of hydrogen-bond acceptors (Lipinski definition) is 9. The van der Waals surface area contributed by atoms with Gasteiger partial charge in [0.2, 0.25) is 5.91 Å². The zero-order chi connectivity index (χ0) is 37.2. The van der Waals surface area contributed by atoms with E-state index in [9.17, 15) is 19.2 Å². The number of nitrogens with one attached hydrogen (secondary N) is 3. The number of carbonyl (C=O) groups is 4. The van der Waals surface area contributed by atoms with Crippen LogP contribution in [-0.2, 0) is 33.8 Å². The molecule has 0 unspecified atom stereocenters. The van der Waals surface area contributed by atoms with E-state index >= 15 is 0 Å². The highest BCUT2D eigenvalue weighted by molar-refractivity contribution is 8.00. The lowest BCUT2D eigenvalue weighted by Gasteiger charge is -2.27. The van der Waals surface area contributed by atoms with Crippen LogP contribution >= 0.6 is 23.1 Å². The monoisotopic (exact) mass is 746 g/mol. The molecule has 10 nitrogen and oxygen atoms in total. The summed E-state index contributed by atoms with van der Waals surface area (Å²) in [5.41, 5.74) is 4.19. The molecule has 3 amide bonds. The zero-order valence-electron chi connectivity index (χ0n) is 29.2. The van der Waals surface area contributed by atoms with E-state index in [0.29, 0.717) is 46.1 Å². The second-order valence-corrected chi connectivity index (χ2v) is 14.3. The van der Waals surface area contributed by atoms with Gasteiger partial charge in [0.15, 0.2) is 0 Å². The van der Waals surface area contributed by atoms with E-state index in [1.54, 1.807) is 86.0 Å². The number of carbonyl (C=O) groups excluding carboxylic acids is 4. The summed E-state index contributed by atoms with van der Waals surface area (Å²) in [5.74, 6) is -0.968. The lowest BCUT2D eigenvalue weighted by atomic mass is 10.0. The van der Waals surface area contributed by atoms with E-state index in [4.69, 9.17) is 9.47 Å². The van der Waals surface area contributed by atoms with Crippen molar-refractivity contribution >= 4 is 63.6 Å². The number of anilines is 2. The normalized spacial score (nSPS) is 12.7. The number of fused-ring (bicyclic) bond motifs is 1. The number of benzene rings is 4. The van der Waals surface area contributed by atoms with Gasteiger partial charge in [0.25, 0.3) is 11.8 Å². The van der Waals surface area contributed by atoms with Crippen LogP contribution in [0.5, 0.6) is 5.75 Å². The minimum absolute atomic E-state index is 0.0460. The van der Waals surface area contributed by atoms with Crippen molar-refractivity contribution in [3.63, 3.8) is 0 Å². The third kappa shape index (κ3) is 9.80. The fourth-order valence-electron chi connectivity index (χ4n) is 5.82. The van der Waals surface area contributed by atoms with Crippen molar-refractivity contribution in [2.75, 3.05) is 37.2 Å². The Morgan fingerprint density at radius 3 is 2.32 bits per heavy atom. The van der Waals surface area contributed by atoms with Crippen molar-refractivity contribution in [1.29, 1.82) is 0 Å². The Bertz CT molecular complexity index is 2120. The Balaban J connectivity index is 1.11. The second kappa shape index (κ2) is 17.7. The lowest BCUT2D eigenvalue weighted by Crippen LogP contribution is -2.30. The fraction of sp³-hybridized carbons (Fsp3) is 0.171. The van der Waals surface area contributed by atoms with E-state index in [1.165, 1.54) is 35.8 Å². The summed E-state index contributed by atoms with van der Waals surface area (Å²) in [6, 6.07) is 33.1. The largest absolute Gasteiger partial charge is 0.497 e. The van der Waals surface area contributed by atoms with Crippen molar-refractivity contribution in [2.24, 2.45) is 0 Å². The molecule has 0 saturated heterocycles. The molecule has 0 aliphatic carbocycles.